The first-order valence-corrected chi connectivity index (χ1v) is 11.5. The van der Waals surface area contributed by atoms with Crippen molar-refractivity contribution in [3.8, 4) is 11.3 Å². The maximum atomic E-state index is 12.7. The monoisotopic (exact) mass is 458 g/mol. The van der Waals surface area contributed by atoms with Crippen LogP contribution in [0.2, 0.25) is 5.02 Å². The Morgan fingerprint density at radius 3 is 2.42 bits per heavy atom. The fraction of sp³-hybridized carbons (Fsp3) is 0.190. The second-order valence-electron chi connectivity index (χ2n) is 7.16. The lowest BCUT2D eigenvalue weighted by atomic mass is 10.1. The zero-order valence-corrected chi connectivity index (χ0v) is 17.9. The SMILES string of the molecule is Nc1ncc(-c2ccc(Cl)cc2)nc1C(=O)Nc1ccc(S(=O)(=O)CC2COC2)cc1. The average molecular weight is 459 g/mol. The predicted molar refractivity (Wildman–Crippen MR) is 118 cm³/mol. The van der Waals surface area contributed by atoms with E-state index in [0.29, 0.717) is 29.6 Å². The Hall–Kier alpha value is -3.01. The Kier molecular flexibility index (Phi) is 5.90. The van der Waals surface area contributed by atoms with Gasteiger partial charge in [0.2, 0.25) is 0 Å². The van der Waals surface area contributed by atoms with Crippen LogP contribution in [0.5, 0.6) is 0 Å². The van der Waals surface area contributed by atoms with Crippen molar-refractivity contribution in [1.82, 2.24) is 9.97 Å². The van der Waals surface area contributed by atoms with Gasteiger partial charge in [0.25, 0.3) is 5.91 Å². The summed E-state index contributed by atoms with van der Waals surface area (Å²) in [6, 6.07) is 12.9. The molecule has 1 aliphatic rings. The number of rotatable bonds is 6. The van der Waals surface area contributed by atoms with Gasteiger partial charge in [0, 0.05) is 22.2 Å². The summed E-state index contributed by atoms with van der Waals surface area (Å²) in [7, 11) is -3.41. The topological polar surface area (TPSA) is 124 Å². The molecule has 0 unspecified atom stereocenters. The van der Waals surface area contributed by atoms with Gasteiger partial charge in [0.05, 0.1) is 35.8 Å². The Bertz CT molecular complexity index is 1210. The number of carbonyl (C=O) groups excluding carboxylic acids is 1. The average Bonchev–Trinajstić information content (AvgIpc) is 2.72. The quantitative estimate of drug-likeness (QED) is 0.581. The van der Waals surface area contributed by atoms with Gasteiger partial charge in [-0.1, -0.05) is 23.7 Å². The lowest BCUT2D eigenvalue weighted by Gasteiger charge is -2.25. The van der Waals surface area contributed by atoms with Crippen LogP contribution in [0.4, 0.5) is 11.5 Å². The molecule has 10 heteroatoms. The summed E-state index contributed by atoms with van der Waals surface area (Å²) < 4.78 is 29.9. The number of hydrogen-bond donors (Lipinski definition) is 2. The van der Waals surface area contributed by atoms with Crippen molar-refractivity contribution < 1.29 is 17.9 Å². The van der Waals surface area contributed by atoms with E-state index in [4.69, 9.17) is 22.1 Å². The molecule has 1 amide bonds. The normalized spacial score (nSPS) is 14.1. The number of nitrogens with one attached hydrogen (secondary N) is 1. The molecule has 2 heterocycles. The summed E-state index contributed by atoms with van der Waals surface area (Å²) in [4.78, 5) is 21.3. The van der Waals surface area contributed by atoms with E-state index < -0.39 is 15.7 Å². The highest BCUT2D eigenvalue weighted by molar-refractivity contribution is 7.91. The number of ether oxygens (including phenoxy) is 1. The van der Waals surface area contributed by atoms with E-state index in [9.17, 15) is 13.2 Å². The maximum absolute atomic E-state index is 12.7. The van der Waals surface area contributed by atoms with Crippen LogP contribution < -0.4 is 11.1 Å². The Balaban J connectivity index is 1.50. The van der Waals surface area contributed by atoms with Crippen LogP contribution in [0.25, 0.3) is 11.3 Å². The molecule has 8 nitrogen and oxygen atoms in total. The summed E-state index contributed by atoms with van der Waals surface area (Å²) in [6.07, 6.45) is 1.47. The van der Waals surface area contributed by atoms with E-state index in [1.807, 2.05) is 0 Å². The molecule has 0 bridgehead atoms. The molecule has 3 aromatic rings. The minimum Gasteiger partial charge on any atom is -0.382 e. The number of anilines is 2. The lowest BCUT2D eigenvalue weighted by molar-refractivity contribution is -0.0204. The van der Waals surface area contributed by atoms with Crippen LogP contribution in [-0.2, 0) is 14.6 Å². The first kappa shape index (κ1) is 21.2. The zero-order chi connectivity index (χ0) is 22.0. The van der Waals surface area contributed by atoms with Gasteiger partial charge in [0.15, 0.2) is 21.3 Å². The van der Waals surface area contributed by atoms with Gasteiger partial charge >= 0.3 is 0 Å². The van der Waals surface area contributed by atoms with Crippen molar-refractivity contribution in [3.63, 3.8) is 0 Å². The highest BCUT2D eigenvalue weighted by Gasteiger charge is 2.26. The highest BCUT2D eigenvalue weighted by atomic mass is 35.5. The van der Waals surface area contributed by atoms with Crippen LogP contribution in [-0.4, -0.2) is 43.3 Å². The summed E-state index contributed by atoms with van der Waals surface area (Å²) in [5.74, 6) is -0.499. The van der Waals surface area contributed by atoms with Crippen molar-refractivity contribution in [2.45, 2.75) is 4.90 Å². The van der Waals surface area contributed by atoms with E-state index in [0.717, 1.165) is 5.56 Å². The third kappa shape index (κ3) is 4.84. The molecule has 2 aromatic carbocycles. The van der Waals surface area contributed by atoms with Crippen LogP contribution in [0.15, 0.2) is 59.6 Å². The summed E-state index contributed by atoms with van der Waals surface area (Å²) >= 11 is 5.91. The van der Waals surface area contributed by atoms with E-state index in [1.54, 1.807) is 24.3 Å². The number of amides is 1. The van der Waals surface area contributed by atoms with Crippen molar-refractivity contribution in [1.29, 1.82) is 0 Å². The second kappa shape index (κ2) is 8.62. The number of nitrogens with two attached hydrogens (primary N) is 1. The minimum atomic E-state index is -3.41. The van der Waals surface area contributed by atoms with Gasteiger partial charge in [-0.25, -0.2) is 18.4 Å². The first-order valence-electron chi connectivity index (χ1n) is 9.42. The number of carbonyl (C=O) groups is 1. The third-order valence-electron chi connectivity index (χ3n) is 4.79. The van der Waals surface area contributed by atoms with Crippen LogP contribution in [0.3, 0.4) is 0 Å². The molecular weight excluding hydrogens is 440 g/mol. The van der Waals surface area contributed by atoms with Gasteiger partial charge in [-0.05, 0) is 36.4 Å². The molecule has 3 N–H and O–H groups in total. The molecule has 0 saturated carbocycles. The molecule has 160 valence electrons. The molecular formula is C21H19ClN4O4S. The third-order valence-corrected chi connectivity index (χ3v) is 6.94. The van der Waals surface area contributed by atoms with Crippen molar-refractivity contribution in [2.24, 2.45) is 5.92 Å². The van der Waals surface area contributed by atoms with Gasteiger partial charge < -0.3 is 15.8 Å². The fourth-order valence-electron chi connectivity index (χ4n) is 3.05. The Labute approximate surface area is 184 Å². The van der Waals surface area contributed by atoms with Crippen LogP contribution in [0, 0.1) is 5.92 Å². The number of nitrogens with zero attached hydrogens (tertiary/aromatic N) is 2. The molecule has 0 radical (unpaired) electrons. The number of halogens is 1. The Morgan fingerprint density at radius 1 is 1.13 bits per heavy atom. The molecule has 1 saturated heterocycles. The lowest BCUT2D eigenvalue weighted by Crippen LogP contribution is -2.33. The molecule has 31 heavy (non-hydrogen) atoms. The standard InChI is InChI=1S/C21H19ClN4O4S/c22-15-3-1-14(2-4-15)18-9-24-20(23)19(26-18)21(27)25-16-5-7-17(8-6-16)31(28,29)12-13-10-30-11-13/h1-9,13H,10-12H2,(H2,23,24)(H,25,27). The van der Waals surface area contributed by atoms with Crippen molar-refractivity contribution in [3.05, 3.63) is 65.4 Å². The summed E-state index contributed by atoms with van der Waals surface area (Å²) in [5.41, 5.74) is 7.43. The van der Waals surface area contributed by atoms with E-state index >= 15 is 0 Å². The van der Waals surface area contributed by atoms with E-state index in [2.05, 4.69) is 15.3 Å². The largest absolute Gasteiger partial charge is 0.382 e. The molecule has 0 spiro atoms. The number of aromatic nitrogens is 2. The van der Waals surface area contributed by atoms with Gasteiger partial charge in [-0.2, -0.15) is 0 Å². The molecule has 0 atom stereocenters. The van der Waals surface area contributed by atoms with Crippen molar-refractivity contribution in [2.75, 3.05) is 30.0 Å². The number of nitrogen functional groups attached to an aromatic ring is 1. The van der Waals surface area contributed by atoms with E-state index in [-0.39, 0.29) is 28.1 Å². The minimum absolute atomic E-state index is 0.0165. The Morgan fingerprint density at radius 2 is 1.81 bits per heavy atom. The van der Waals surface area contributed by atoms with E-state index in [1.165, 1.54) is 30.5 Å². The van der Waals surface area contributed by atoms with Crippen molar-refractivity contribution >= 4 is 38.9 Å². The van der Waals surface area contributed by atoms with Gasteiger partial charge in [-0.15, -0.1) is 0 Å². The van der Waals surface area contributed by atoms with Gasteiger partial charge in [0.1, 0.15) is 0 Å². The highest BCUT2D eigenvalue weighted by Crippen LogP contribution is 2.23. The fourth-order valence-corrected chi connectivity index (χ4v) is 4.73. The molecule has 1 fully saturated rings. The number of sulfone groups is 1. The number of hydrogen-bond acceptors (Lipinski definition) is 7. The maximum Gasteiger partial charge on any atom is 0.278 e. The first-order chi connectivity index (χ1) is 14.8. The molecule has 0 aliphatic carbocycles. The molecule has 1 aromatic heterocycles. The molecule has 1 aliphatic heterocycles. The smallest absolute Gasteiger partial charge is 0.278 e. The second-order valence-corrected chi connectivity index (χ2v) is 9.63. The zero-order valence-electron chi connectivity index (χ0n) is 16.3. The summed E-state index contributed by atoms with van der Waals surface area (Å²) in [5, 5.41) is 3.25. The molecule has 4 rings (SSSR count). The van der Waals surface area contributed by atoms with Gasteiger partial charge in [-0.3, -0.25) is 4.79 Å². The summed E-state index contributed by atoms with van der Waals surface area (Å²) in [6.45, 7) is 0.926. The van der Waals surface area contributed by atoms with Crippen LogP contribution in [0.1, 0.15) is 10.5 Å². The van der Waals surface area contributed by atoms with Crippen LogP contribution >= 0.6 is 11.6 Å². The number of benzene rings is 2. The predicted octanol–water partition coefficient (Wildman–Crippen LogP) is 3.05.